The molecule has 1 saturated heterocycles. The van der Waals surface area contributed by atoms with Crippen molar-refractivity contribution in [3.05, 3.63) is 34.3 Å². The Labute approximate surface area is 133 Å². The molecule has 2 N–H and O–H groups in total. The van der Waals surface area contributed by atoms with Crippen LogP contribution >= 0.6 is 15.9 Å². The lowest BCUT2D eigenvalue weighted by atomic mass is 9.95. The van der Waals surface area contributed by atoms with Crippen LogP contribution in [0.15, 0.2) is 28.7 Å². The third-order valence-corrected chi connectivity index (χ3v) is 6.38. The van der Waals surface area contributed by atoms with Crippen LogP contribution < -0.4 is 10.6 Å². The minimum absolute atomic E-state index is 0.316. The van der Waals surface area contributed by atoms with Crippen molar-refractivity contribution in [3.63, 3.8) is 0 Å². The van der Waals surface area contributed by atoms with E-state index in [0.717, 1.165) is 16.3 Å². The minimum Gasteiger partial charge on any atom is -0.351 e. The molecule has 2 rings (SSSR count). The molecule has 1 aromatic carbocycles. The molecule has 0 radical (unpaired) electrons. The number of hydrogen-bond donors (Lipinski definition) is 2. The number of carbonyl (C=O) groups excluding carboxylic acids is 1. The first-order chi connectivity index (χ1) is 9.85. The number of amides is 1. The summed E-state index contributed by atoms with van der Waals surface area (Å²) in [7, 11) is -3.46. The second kappa shape index (κ2) is 6.46. The Hall–Kier alpha value is -0.920. The van der Waals surface area contributed by atoms with Gasteiger partial charge in [-0.2, -0.15) is 0 Å². The maximum atomic E-state index is 12.5. The molecule has 0 spiro atoms. The second-order valence-electron chi connectivity index (χ2n) is 5.33. The van der Waals surface area contributed by atoms with E-state index in [0.29, 0.717) is 32.5 Å². The first-order valence-corrected chi connectivity index (χ1v) is 9.47. The molecule has 1 aromatic rings. The van der Waals surface area contributed by atoms with Crippen LogP contribution in [0.2, 0.25) is 0 Å². The summed E-state index contributed by atoms with van der Waals surface area (Å²) in [6, 6.07) is 7.56. The summed E-state index contributed by atoms with van der Waals surface area (Å²) in [4.78, 5) is 12.5. The topological polar surface area (TPSA) is 75.3 Å². The molecule has 5 nitrogen and oxygen atoms in total. The Kier molecular flexibility index (Phi) is 5.06. The summed E-state index contributed by atoms with van der Waals surface area (Å²) in [6.45, 7) is 1.40. The van der Waals surface area contributed by atoms with E-state index in [-0.39, 0.29) is 0 Å². The normalized spacial score (nSPS) is 18.2. The quantitative estimate of drug-likeness (QED) is 0.830. The molecule has 1 heterocycles. The van der Waals surface area contributed by atoms with Gasteiger partial charge >= 0.3 is 0 Å². The number of piperidine rings is 1. The number of hydrogen-bond acceptors (Lipinski definition) is 4. The molecule has 0 unspecified atom stereocenters. The molecule has 1 aliphatic heterocycles. The van der Waals surface area contributed by atoms with Gasteiger partial charge in [0.05, 0.1) is 0 Å². The Balaban J connectivity index is 2.13. The van der Waals surface area contributed by atoms with Crippen LogP contribution in [-0.2, 0) is 21.2 Å². The third kappa shape index (κ3) is 3.64. The van der Waals surface area contributed by atoms with Crippen molar-refractivity contribution in [2.45, 2.75) is 24.1 Å². The highest BCUT2D eigenvalue weighted by atomic mass is 79.9. The van der Waals surface area contributed by atoms with Crippen molar-refractivity contribution in [1.82, 2.24) is 10.6 Å². The second-order valence-corrected chi connectivity index (χ2v) is 8.57. The first kappa shape index (κ1) is 16.5. The Bertz CT molecular complexity index is 625. The van der Waals surface area contributed by atoms with E-state index in [1.54, 1.807) is 0 Å². The molecule has 1 aliphatic rings. The summed E-state index contributed by atoms with van der Waals surface area (Å²) < 4.78 is 23.9. The van der Waals surface area contributed by atoms with Crippen LogP contribution in [0.3, 0.4) is 0 Å². The zero-order valence-corrected chi connectivity index (χ0v) is 14.3. The van der Waals surface area contributed by atoms with Crippen LogP contribution in [0.25, 0.3) is 0 Å². The van der Waals surface area contributed by atoms with E-state index >= 15 is 0 Å². The molecule has 7 heteroatoms. The molecule has 0 bridgehead atoms. The standard InChI is InChI=1S/C14H19BrN2O3S/c1-21(19,20)14(5-7-16-8-6-14)13(18)17-10-11-3-2-4-12(15)9-11/h2-4,9,16H,5-8,10H2,1H3,(H,17,18). The van der Waals surface area contributed by atoms with Gasteiger partial charge in [-0.3, -0.25) is 4.79 Å². The SMILES string of the molecule is CS(=O)(=O)C1(C(=O)NCc2cccc(Br)c2)CCNCC1. The van der Waals surface area contributed by atoms with Gasteiger partial charge in [0.15, 0.2) is 14.6 Å². The predicted octanol–water partition coefficient (Wildman–Crippen LogP) is 1.23. The lowest BCUT2D eigenvalue weighted by Crippen LogP contribution is -2.57. The molecule has 0 atom stereocenters. The summed E-state index contributed by atoms with van der Waals surface area (Å²) in [6.07, 6.45) is 1.78. The highest BCUT2D eigenvalue weighted by molar-refractivity contribution is 9.10. The Morgan fingerprint density at radius 1 is 1.38 bits per heavy atom. The summed E-state index contributed by atoms with van der Waals surface area (Å²) in [5.74, 6) is -0.397. The predicted molar refractivity (Wildman–Crippen MR) is 85.7 cm³/mol. The molecule has 0 saturated carbocycles. The number of benzene rings is 1. The number of rotatable bonds is 4. The van der Waals surface area contributed by atoms with Crippen LogP contribution in [-0.4, -0.2) is 38.4 Å². The summed E-state index contributed by atoms with van der Waals surface area (Å²) >= 11 is 3.37. The van der Waals surface area contributed by atoms with E-state index in [1.807, 2.05) is 24.3 Å². The number of carbonyl (C=O) groups is 1. The van der Waals surface area contributed by atoms with Crippen LogP contribution in [0.5, 0.6) is 0 Å². The maximum Gasteiger partial charge on any atom is 0.241 e. The smallest absolute Gasteiger partial charge is 0.241 e. The average Bonchev–Trinajstić information content (AvgIpc) is 2.44. The van der Waals surface area contributed by atoms with Crippen molar-refractivity contribution >= 4 is 31.7 Å². The van der Waals surface area contributed by atoms with E-state index in [2.05, 4.69) is 26.6 Å². The van der Waals surface area contributed by atoms with Crippen molar-refractivity contribution in [1.29, 1.82) is 0 Å². The van der Waals surface area contributed by atoms with E-state index in [1.165, 1.54) is 0 Å². The fourth-order valence-corrected chi connectivity index (χ4v) is 4.39. The summed E-state index contributed by atoms with van der Waals surface area (Å²) in [5, 5.41) is 5.87. The first-order valence-electron chi connectivity index (χ1n) is 6.78. The molecule has 116 valence electrons. The monoisotopic (exact) mass is 374 g/mol. The number of sulfone groups is 1. The average molecular weight is 375 g/mol. The minimum atomic E-state index is -3.46. The van der Waals surface area contributed by atoms with Gasteiger partial charge in [0.1, 0.15) is 0 Å². The van der Waals surface area contributed by atoms with Gasteiger partial charge in [-0.05, 0) is 43.6 Å². The van der Waals surface area contributed by atoms with Gasteiger partial charge < -0.3 is 10.6 Å². The fraction of sp³-hybridized carbons (Fsp3) is 0.500. The molecule has 1 fully saturated rings. The lowest BCUT2D eigenvalue weighted by Gasteiger charge is -2.34. The van der Waals surface area contributed by atoms with Crippen LogP contribution in [0.1, 0.15) is 18.4 Å². The van der Waals surface area contributed by atoms with E-state index < -0.39 is 20.5 Å². The number of halogens is 1. The van der Waals surface area contributed by atoms with Crippen LogP contribution in [0.4, 0.5) is 0 Å². The zero-order valence-electron chi connectivity index (χ0n) is 11.9. The fourth-order valence-electron chi connectivity index (χ4n) is 2.59. The van der Waals surface area contributed by atoms with Crippen molar-refractivity contribution < 1.29 is 13.2 Å². The number of nitrogens with one attached hydrogen (secondary N) is 2. The lowest BCUT2D eigenvalue weighted by molar-refractivity contribution is -0.124. The molecular formula is C14H19BrN2O3S. The van der Waals surface area contributed by atoms with Crippen molar-refractivity contribution in [2.75, 3.05) is 19.3 Å². The van der Waals surface area contributed by atoms with Gasteiger partial charge in [-0.25, -0.2) is 8.42 Å². The molecule has 0 aliphatic carbocycles. The van der Waals surface area contributed by atoms with Gasteiger partial charge in [0, 0.05) is 17.3 Å². The van der Waals surface area contributed by atoms with E-state index in [4.69, 9.17) is 0 Å². The van der Waals surface area contributed by atoms with Crippen molar-refractivity contribution in [2.24, 2.45) is 0 Å². The molecule has 0 aromatic heterocycles. The molecule has 21 heavy (non-hydrogen) atoms. The highest BCUT2D eigenvalue weighted by Gasteiger charge is 2.48. The van der Waals surface area contributed by atoms with Gasteiger partial charge in [-0.15, -0.1) is 0 Å². The maximum absolute atomic E-state index is 12.5. The Morgan fingerprint density at radius 3 is 2.62 bits per heavy atom. The zero-order chi connectivity index (χ0) is 15.5. The molecular weight excluding hydrogens is 356 g/mol. The largest absolute Gasteiger partial charge is 0.351 e. The highest BCUT2D eigenvalue weighted by Crippen LogP contribution is 2.28. The summed E-state index contributed by atoms with van der Waals surface area (Å²) in [5.41, 5.74) is 0.926. The van der Waals surface area contributed by atoms with Crippen LogP contribution in [0, 0.1) is 0 Å². The Morgan fingerprint density at radius 2 is 2.05 bits per heavy atom. The van der Waals surface area contributed by atoms with Gasteiger partial charge in [0.25, 0.3) is 0 Å². The van der Waals surface area contributed by atoms with Gasteiger partial charge in [0.2, 0.25) is 5.91 Å². The molecule has 1 amide bonds. The van der Waals surface area contributed by atoms with Gasteiger partial charge in [-0.1, -0.05) is 28.1 Å². The van der Waals surface area contributed by atoms with Crippen molar-refractivity contribution in [3.8, 4) is 0 Å². The third-order valence-electron chi connectivity index (χ3n) is 3.88. The van der Waals surface area contributed by atoms with E-state index in [9.17, 15) is 13.2 Å².